The average molecular weight is 325 g/mol. The zero-order valence-electron chi connectivity index (χ0n) is 13.0. The maximum absolute atomic E-state index is 12.8. The Labute approximate surface area is 131 Å². The lowest BCUT2D eigenvalue weighted by atomic mass is 9.91. The Morgan fingerprint density at radius 2 is 1.77 bits per heavy atom. The SMILES string of the molecule is CC(N)(C(=O)N1CCCN(S(C)(=O)=O)CC1)c1ccccc1. The van der Waals surface area contributed by atoms with Crippen LogP contribution in [0.15, 0.2) is 30.3 Å². The molecule has 1 atom stereocenters. The lowest BCUT2D eigenvalue weighted by molar-refractivity contribution is -0.136. The van der Waals surface area contributed by atoms with Gasteiger partial charge in [-0.1, -0.05) is 30.3 Å². The second-order valence-corrected chi connectivity index (χ2v) is 7.86. The summed E-state index contributed by atoms with van der Waals surface area (Å²) >= 11 is 0. The van der Waals surface area contributed by atoms with Crippen LogP contribution in [0.25, 0.3) is 0 Å². The second kappa shape index (κ2) is 6.36. The van der Waals surface area contributed by atoms with E-state index >= 15 is 0 Å². The molecule has 1 aromatic rings. The van der Waals surface area contributed by atoms with Crippen LogP contribution in [0.4, 0.5) is 0 Å². The van der Waals surface area contributed by atoms with Crippen molar-refractivity contribution in [3.63, 3.8) is 0 Å². The van der Waals surface area contributed by atoms with Gasteiger partial charge in [0.25, 0.3) is 0 Å². The average Bonchev–Trinajstić information content (AvgIpc) is 2.73. The van der Waals surface area contributed by atoms with E-state index in [9.17, 15) is 13.2 Å². The van der Waals surface area contributed by atoms with Gasteiger partial charge in [0.15, 0.2) is 0 Å². The third-order valence-corrected chi connectivity index (χ3v) is 5.33. The standard InChI is InChI=1S/C15H23N3O3S/c1-15(16,13-7-4-3-5-8-13)14(19)17-9-6-10-18(12-11-17)22(2,20)21/h3-5,7-8H,6,9-12,16H2,1-2H3. The van der Waals surface area contributed by atoms with Gasteiger partial charge in [-0.15, -0.1) is 0 Å². The number of nitrogens with zero attached hydrogens (tertiary/aromatic N) is 2. The molecule has 2 N–H and O–H groups in total. The lowest BCUT2D eigenvalue weighted by Crippen LogP contribution is -2.51. The summed E-state index contributed by atoms with van der Waals surface area (Å²) in [4.78, 5) is 14.4. The highest BCUT2D eigenvalue weighted by atomic mass is 32.2. The third kappa shape index (κ3) is 3.66. The number of hydrogen-bond donors (Lipinski definition) is 1. The van der Waals surface area contributed by atoms with E-state index in [1.54, 1.807) is 11.8 Å². The number of rotatable bonds is 3. The largest absolute Gasteiger partial charge is 0.339 e. The molecule has 1 amide bonds. The van der Waals surface area contributed by atoms with Gasteiger partial charge in [0.1, 0.15) is 5.54 Å². The number of carbonyl (C=O) groups excluding carboxylic acids is 1. The molecule has 2 rings (SSSR count). The Morgan fingerprint density at radius 1 is 1.14 bits per heavy atom. The van der Waals surface area contributed by atoms with Crippen molar-refractivity contribution in [2.45, 2.75) is 18.9 Å². The molecule has 1 unspecified atom stereocenters. The minimum atomic E-state index is -3.22. The van der Waals surface area contributed by atoms with Gasteiger partial charge < -0.3 is 10.6 Å². The molecule has 0 saturated carbocycles. The molecule has 22 heavy (non-hydrogen) atoms. The van der Waals surface area contributed by atoms with Gasteiger partial charge >= 0.3 is 0 Å². The number of sulfonamides is 1. The molecule has 0 spiro atoms. The van der Waals surface area contributed by atoms with Crippen molar-refractivity contribution in [2.24, 2.45) is 5.73 Å². The number of benzene rings is 1. The third-order valence-electron chi connectivity index (χ3n) is 4.03. The number of amides is 1. The minimum Gasteiger partial charge on any atom is -0.339 e. The van der Waals surface area contributed by atoms with Crippen LogP contribution in [0.1, 0.15) is 18.9 Å². The smallest absolute Gasteiger partial charge is 0.247 e. The van der Waals surface area contributed by atoms with Crippen molar-refractivity contribution in [1.29, 1.82) is 0 Å². The van der Waals surface area contributed by atoms with Gasteiger partial charge in [0.2, 0.25) is 15.9 Å². The minimum absolute atomic E-state index is 0.172. The Bertz CT molecular complexity index is 629. The zero-order chi connectivity index (χ0) is 16.4. The fraction of sp³-hybridized carbons (Fsp3) is 0.533. The van der Waals surface area contributed by atoms with Gasteiger partial charge in [-0.3, -0.25) is 4.79 Å². The highest BCUT2D eigenvalue weighted by Gasteiger charge is 2.35. The van der Waals surface area contributed by atoms with Gasteiger partial charge in [-0.25, -0.2) is 12.7 Å². The first kappa shape index (κ1) is 16.9. The van der Waals surface area contributed by atoms with Crippen LogP contribution < -0.4 is 5.73 Å². The van der Waals surface area contributed by atoms with Crippen LogP contribution in [-0.4, -0.2) is 56.0 Å². The number of carbonyl (C=O) groups is 1. The van der Waals surface area contributed by atoms with E-state index < -0.39 is 15.6 Å². The molecule has 7 heteroatoms. The van der Waals surface area contributed by atoms with E-state index in [1.807, 2.05) is 30.3 Å². The van der Waals surface area contributed by atoms with E-state index in [1.165, 1.54) is 10.6 Å². The molecule has 0 bridgehead atoms. The van der Waals surface area contributed by atoms with Gasteiger partial charge in [-0.2, -0.15) is 0 Å². The summed E-state index contributed by atoms with van der Waals surface area (Å²) in [6, 6.07) is 9.24. The first-order chi connectivity index (χ1) is 10.2. The van der Waals surface area contributed by atoms with E-state index in [-0.39, 0.29) is 5.91 Å². The summed E-state index contributed by atoms with van der Waals surface area (Å²) in [7, 11) is -3.22. The second-order valence-electron chi connectivity index (χ2n) is 5.88. The van der Waals surface area contributed by atoms with Gasteiger partial charge in [0.05, 0.1) is 6.26 Å². The first-order valence-corrected chi connectivity index (χ1v) is 9.16. The van der Waals surface area contributed by atoms with Crippen molar-refractivity contribution >= 4 is 15.9 Å². The molecule has 0 aliphatic carbocycles. The molecular weight excluding hydrogens is 302 g/mol. The molecule has 0 aromatic heterocycles. The van der Waals surface area contributed by atoms with Gasteiger partial charge in [0, 0.05) is 26.2 Å². The van der Waals surface area contributed by atoms with Crippen LogP contribution in [-0.2, 0) is 20.4 Å². The maximum Gasteiger partial charge on any atom is 0.247 e. The number of hydrogen-bond acceptors (Lipinski definition) is 4. The molecule has 6 nitrogen and oxygen atoms in total. The number of nitrogens with two attached hydrogens (primary N) is 1. The predicted octanol–water partition coefficient (Wildman–Crippen LogP) is 0.354. The summed E-state index contributed by atoms with van der Waals surface area (Å²) in [6.45, 7) is 3.34. The van der Waals surface area contributed by atoms with Crippen LogP contribution in [0, 0.1) is 0 Å². The normalized spacial score (nSPS) is 20.2. The molecule has 1 fully saturated rings. The van der Waals surface area contributed by atoms with Crippen LogP contribution in [0.5, 0.6) is 0 Å². The molecule has 122 valence electrons. The Kier molecular flexibility index (Phi) is 4.89. The van der Waals surface area contributed by atoms with E-state index in [4.69, 9.17) is 5.73 Å². The molecule has 0 radical (unpaired) electrons. The van der Waals surface area contributed by atoms with E-state index in [2.05, 4.69) is 0 Å². The summed E-state index contributed by atoms with van der Waals surface area (Å²) in [6.07, 6.45) is 1.81. The lowest BCUT2D eigenvalue weighted by Gasteiger charge is -2.31. The molecular formula is C15H23N3O3S. The first-order valence-electron chi connectivity index (χ1n) is 7.32. The monoisotopic (exact) mass is 325 g/mol. The maximum atomic E-state index is 12.8. The van der Waals surface area contributed by atoms with Crippen molar-refractivity contribution in [3.05, 3.63) is 35.9 Å². The fourth-order valence-corrected chi connectivity index (χ4v) is 3.54. The van der Waals surface area contributed by atoms with Crippen LogP contribution >= 0.6 is 0 Å². The van der Waals surface area contributed by atoms with Gasteiger partial charge in [-0.05, 0) is 18.9 Å². The summed E-state index contributed by atoms with van der Waals surface area (Å²) in [5.41, 5.74) is 5.91. The van der Waals surface area contributed by atoms with Crippen molar-refractivity contribution < 1.29 is 13.2 Å². The Balaban J connectivity index is 2.13. The highest BCUT2D eigenvalue weighted by molar-refractivity contribution is 7.88. The van der Waals surface area contributed by atoms with E-state index in [0.717, 1.165) is 5.56 Å². The molecule has 1 aromatic carbocycles. The molecule has 1 aliphatic rings. The van der Waals surface area contributed by atoms with E-state index in [0.29, 0.717) is 32.6 Å². The van der Waals surface area contributed by atoms with Crippen molar-refractivity contribution in [2.75, 3.05) is 32.4 Å². The fourth-order valence-electron chi connectivity index (χ4n) is 2.66. The Hall–Kier alpha value is -1.44. The Morgan fingerprint density at radius 3 is 2.36 bits per heavy atom. The topological polar surface area (TPSA) is 83.7 Å². The molecule has 1 aliphatic heterocycles. The predicted molar refractivity (Wildman–Crippen MR) is 85.6 cm³/mol. The molecule has 1 heterocycles. The summed E-state index contributed by atoms with van der Waals surface area (Å²) in [5, 5.41) is 0. The van der Waals surface area contributed by atoms with Crippen molar-refractivity contribution in [1.82, 2.24) is 9.21 Å². The summed E-state index contributed by atoms with van der Waals surface area (Å²) < 4.78 is 24.7. The quantitative estimate of drug-likeness (QED) is 0.869. The zero-order valence-corrected chi connectivity index (χ0v) is 13.8. The van der Waals surface area contributed by atoms with Crippen molar-refractivity contribution in [3.8, 4) is 0 Å². The highest BCUT2D eigenvalue weighted by Crippen LogP contribution is 2.21. The van der Waals surface area contributed by atoms with Crippen LogP contribution in [0.3, 0.4) is 0 Å². The molecule has 1 saturated heterocycles. The van der Waals surface area contributed by atoms with Crippen LogP contribution in [0.2, 0.25) is 0 Å². The summed E-state index contributed by atoms with van der Waals surface area (Å²) in [5.74, 6) is -0.172.